The van der Waals surface area contributed by atoms with Crippen molar-refractivity contribution in [3.8, 4) is 5.95 Å². The molecule has 0 unspecified atom stereocenters. The summed E-state index contributed by atoms with van der Waals surface area (Å²) in [6, 6.07) is 9.84. The number of anilines is 1. The summed E-state index contributed by atoms with van der Waals surface area (Å²) in [6.07, 6.45) is 3.20. The van der Waals surface area contributed by atoms with Crippen LogP contribution >= 0.6 is 0 Å². The molecule has 0 radical (unpaired) electrons. The van der Waals surface area contributed by atoms with Gasteiger partial charge in [-0.2, -0.15) is 14.3 Å². The van der Waals surface area contributed by atoms with Crippen LogP contribution in [0.1, 0.15) is 12.7 Å². The molecule has 8 nitrogen and oxygen atoms in total. The molecule has 1 aliphatic rings. The third-order valence-corrected chi connectivity index (χ3v) is 5.22. The summed E-state index contributed by atoms with van der Waals surface area (Å²) in [5.74, 6) is 2.42. The van der Waals surface area contributed by atoms with Crippen molar-refractivity contribution in [1.82, 2.24) is 19.5 Å². The SMILES string of the molecule is Cc1nc2ccccc2n1-c1nc(N=S(C)(C)=O)cc(N2CCOC[C@H]2C)n1. The van der Waals surface area contributed by atoms with Gasteiger partial charge in [-0.15, -0.1) is 0 Å². The molecule has 1 atom stereocenters. The van der Waals surface area contributed by atoms with Crippen LogP contribution in [0, 0.1) is 6.92 Å². The number of morpholine rings is 1. The smallest absolute Gasteiger partial charge is 0.239 e. The molecular weight excluding hydrogens is 376 g/mol. The summed E-state index contributed by atoms with van der Waals surface area (Å²) in [6.45, 7) is 6.03. The van der Waals surface area contributed by atoms with Gasteiger partial charge < -0.3 is 9.64 Å². The molecule has 0 saturated carbocycles. The predicted octanol–water partition coefficient (Wildman–Crippen LogP) is 2.71. The van der Waals surface area contributed by atoms with Gasteiger partial charge in [-0.1, -0.05) is 12.1 Å². The van der Waals surface area contributed by atoms with E-state index in [2.05, 4.69) is 26.2 Å². The minimum Gasteiger partial charge on any atom is -0.377 e. The van der Waals surface area contributed by atoms with Crippen LogP contribution in [0.5, 0.6) is 0 Å². The lowest BCUT2D eigenvalue weighted by atomic mass is 10.2. The minimum absolute atomic E-state index is 0.178. The van der Waals surface area contributed by atoms with Gasteiger partial charge in [-0.3, -0.25) is 4.57 Å². The molecule has 148 valence electrons. The monoisotopic (exact) mass is 400 g/mol. The molecule has 0 aliphatic carbocycles. The Hall–Kier alpha value is -2.52. The first kappa shape index (κ1) is 18.8. The van der Waals surface area contributed by atoms with Crippen LogP contribution in [0.15, 0.2) is 34.7 Å². The fourth-order valence-electron chi connectivity index (χ4n) is 3.40. The first-order chi connectivity index (χ1) is 13.3. The summed E-state index contributed by atoms with van der Waals surface area (Å²) in [5.41, 5.74) is 1.80. The van der Waals surface area contributed by atoms with Crippen LogP contribution in [0.25, 0.3) is 17.0 Å². The van der Waals surface area contributed by atoms with Crippen LogP contribution in [0.3, 0.4) is 0 Å². The molecule has 4 rings (SSSR count). The van der Waals surface area contributed by atoms with E-state index < -0.39 is 9.73 Å². The van der Waals surface area contributed by atoms with Gasteiger partial charge in [0.15, 0.2) is 5.82 Å². The highest BCUT2D eigenvalue weighted by Crippen LogP contribution is 2.26. The van der Waals surface area contributed by atoms with E-state index in [0.29, 0.717) is 25.0 Å². The van der Waals surface area contributed by atoms with E-state index >= 15 is 0 Å². The molecule has 0 spiro atoms. The first-order valence-corrected chi connectivity index (χ1v) is 11.5. The fraction of sp³-hybridized carbons (Fsp3) is 0.421. The summed E-state index contributed by atoms with van der Waals surface area (Å²) in [5, 5.41) is 0. The Morgan fingerprint density at radius 2 is 2.00 bits per heavy atom. The number of ether oxygens (including phenoxy) is 1. The van der Waals surface area contributed by atoms with Gasteiger partial charge in [0.2, 0.25) is 5.95 Å². The quantitative estimate of drug-likeness (QED) is 0.672. The maximum Gasteiger partial charge on any atom is 0.239 e. The van der Waals surface area contributed by atoms with Crippen LogP contribution in [0.2, 0.25) is 0 Å². The van der Waals surface area contributed by atoms with Crippen molar-refractivity contribution in [1.29, 1.82) is 0 Å². The zero-order valence-corrected chi connectivity index (χ0v) is 17.3. The average Bonchev–Trinajstić information content (AvgIpc) is 2.96. The van der Waals surface area contributed by atoms with Crippen LogP contribution in [-0.4, -0.2) is 62.0 Å². The molecule has 1 aliphatic heterocycles. The Kier molecular flexibility index (Phi) is 4.80. The zero-order valence-electron chi connectivity index (χ0n) is 16.5. The van der Waals surface area contributed by atoms with Crippen molar-refractivity contribution in [3.05, 3.63) is 36.2 Å². The molecule has 2 aromatic heterocycles. The maximum absolute atomic E-state index is 12.3. The maximum atomic E-state index is 12.3. The summed E-state index contributed by atoms with van der Waals surface area (Å²) in [4.78, 5) is 16.2. The number of hydrogen-bond acceptors (Lipinski definition) is 7. The topological polar surface area (TPSA) is 85.5 Å². The van der Waals surface area contributed by atoms with Crippen molar-refractivity contribution >= 4 is 32.4 Å². The predicted molar refractivity (Wildman–Crippen MR) is 111 cm³/mol. The van der Waals surface area contributed by atoms with Crippen LogP contribution < -0.4 is 4.90 Å². The Labute approximate surface area is 164 Å². The third-order valence-electron chi connectivity index (χ3n) is 4.59. The third kappa shape index (κ3) is 3.72. The number of para-hydroxylation sites is 2. The van der Waals surface area contributed by atoms with Crippen molar-refractivity contribution in [2.45, 2.75) is 19.9 Å². The molecule has 0 amide bonds. The summed E-state index contributed by atoms with van der Waals surface area (Å²) < 4.78 is 24.1. The van der Waals surface area contributed by atoms with Crippen molar-refractivity contribution in [2.75, 3.05) is 37.2 Å². The molecule has 3 heterocycles. The molecule has 0 bridgehead atoms. The number of fused-ring (bicyclic) bond motifs is 1. The number of imidazole rings is 1. The zero-order chi connectivity index (χ0) is 19.9. The lowest BCUT2D eigenvalue weighted by Crippen LogP contribution is -2.44. The number of aryl methyl sites for hydroxylation is 1. The van der Waals surface area contributed by atoms with E-state index in [0.717, 1.165) is 29.2 Å². The van der Waals surface area contributed by atoms with Crippen LogP contribution in [0.4, 0.5) is 11.6 Å². The van der Waals surface area contributed by atoms with Gasteiger partial charge in [0.1, 0.15) is 11.6 Å². The van der Waals surface area contributed by atoms with Gasteiger partial charge >= 0.3 is 0 Å². The highest BCUT2D eigenvalue weighted by Gasteiger charge is 2.23. The van der Waals surface area contributed by atoms with Crippen molar-refractivity contribution in [2.24, 2.45) is 4.36 Å². The first-order valence-electron chi connectivity index (χ1n) is 9.17. The Balaban J connectivity index is 1.93. The van der Waals surface area contributed by atoms with Gasteiger partial charge in [0.25, 0.3) is 0 Å². The molecular formula is C19H24N6O2S. The number of rotatable bonds is 3. The number of hydrogen-bond donors (Lipinski definition) is 0. The standard InChI is InChI=1S/C19H24N6O2S/c1-13-12-27-10-9-24(13)18-11-17(23-28(3,4)26)21-19(22-18)25-14(2)20-15-7-5-6-8-16(15)25/h5-8,11,13H,9-10,12H2,1-4H3/t13-/m1/s1. The highest BCUT2D eigenvalue weighted by molar-refractivity contribution is 7.92. The lowest BCUT2D eigenvalue weighted by Gasteiger charge is -2.34. The second kappa shape index (κ2) is 7.14. The molecule has 0 N–H and O–H groups in total. The van der Waals surface area contributed by atoms with Gasteiger partial charge in [0, 0.05) is 34.9 Å². The van der Waals surface area contributed by atoms with Gasteiger partial charge in [-0.25, -0.2) is 9.19 Å². The van der Waals surface area contributed by atoms with E-state index in [1.165, 1.54) is 0 Å². The molecule has 1 fully saturated rings. The minimum atomic E-state index is -2.36. The van der Waals surface area contributed by atoms with Gasteiger partial charge in [0.05, 0.1) is 30.3 Å². The normalized spacial score (nSPS) is 17.9. The Morgan fingerprint density at radius 3 is 2.75 bits per heavy atom. The molecule has 28 heavy (non-hydrogen) atoms. The van der Waals surface area contributed by atoms with Crippen molar-refractivity contribution < 1.29 is 8.95 Å². The van der Waals surface area contributed by atoms with Gasteiger partial charge in [-0.05, 0) is 26.0 Å². The second-order valence-corrected chi connectivity index (χ2v) is 9.80. The van der Waals surface area contributed by atoms with E-state index in [-0.39, 0.29) is 6.04 Å². The molecule has 9 heteroatoms. The number of nitrogens with zero attached hydrogens (tertiary/aromatic N) is 6. The van der Waals surface area contributed by atoms with Crippen molar-refractivity contribution in [3.63, 3.8) is 0 Å². The largest absolute Gasteiger partial charge is 0.377 e. The Morgan fingerprint density at radius 1 is 1.21 bits per heavy atom. The summed E-state index contributed by atoms with van der Waals surface area (Å²) >= 11 is 0. The van der Waals surface area contributed by atoms with E-state index in [1.807, 2.05) is 35.8 Å². The summed E-state index contributed by atoms with van der Waals surface area (Å²) in [7, 11) is -2.36. The lowest BCUT2D eigenvalue weighted by molar-refractivity contribution is 0.0985. The second-order valence-electron chi connectivity index (χ2n) is 7.26. The van der Waals surface area contributed by atoms with E-state index in [4.69, 9.17) is 9.72 Å². The Bertz CT molecular complexity index is 1140. The number of benzene rings is 1. The van der Waals surface area contributed by atoms with E-state index in [9.17, 15) is 4.21 Å². The number of aromatic nitrogens is 4. The average molecular weight is 401 g/mol. The fourth-order valence-corrected chi connectivity index (χ4v) is 3.94. The van der Waals surface area contributed by atoms with E-state index in [1.54, 1.807) is 18.6 Å². The van der Waals surface area contributed by atoms with Crippen LogP contribution in [-0.2, 0) is 14.5 Å². The molecule has 3 aromatic rings. The molecule has 1 saturated heterocycles. The highest BCUT2D eigenvalue weighted by atomic mass is 32.2. The molecule has 1 aromatic carbocycles.